The minimum Gasteiger partial charge on any atom is -0.396 e. The van der Waals surface area contributed by atoms with Crippen LogP contribution in [0.5, 0.6) is 0 Å². The number of hydrogen-bond acceptors (Lipinski definition) is 7. The molecule has 2 unspecified atom stereocenters. The molecule has 1 N–H and O–H groups in total. The molecule has 2 radical (unpaired) electrons. The second-order valence-corrected chi connectivity index (χ2v) is 17.2. The quantitative estimate of drug-likeness (QED) is 0.0280. The number of unbranched alkanes of at least 4 members (excludes halogenated alkanes) is 17. The third-order valence-corrected chi connectivity index (χ3v) is 13.0. The molecule has 0 aliphatic rings. The second kappa shape index (κ2) is 66.5. The maximum Gasteiger partial charge on any atom is 0.0657 e. The van der Waals surface area contributed by atoms with E-state index in [9.17, 15) is 5.11 Å². The third-order valence-electron chi connectivity index (χ3n) is 9.25. The van der Waals surface area contributed by atoms with Crippen molar-refractivity contribution in [2.75, 3.05) is 66.5 Å². The van der Waals surface area contributed by atoms with E-state index in [0.717, 1.165) is 42.3 Å². The summed E-state index contributed by atoms with van der Waals surface area (Å²) in [7, 11) is 5.91. The van der Waals surface area contributed by atoms with Crippen LogP contribution in [-0.2, 0) is 0 Å². The lowest BCUT2D eigenvalue weighted by Crippen LogP contribution is -2.27. The number of thiol groups is 3. The maximum atomic E-state index is 9.24. The van der Waals surface area contributed by atoms with Crippen LogP contribution < -0.4 is 0 Å². The lowest BCUT2D eigenvalue weighted by Gasteiger charge is -2.22. The number of aliphatic hydroxyl groups excluding tert-OH is 1. The normalized spacial score (nSPS) is 11.6. The lowest BCUT2D eigenvalue weighted by atomic mass is 9.89. The van der Waals surface area contributed by atoms with Crippen LogP contribution >= 0.6 is 61.4 Å². The number of rotatable bonds is 40. The van der Waals surface area contributed by atoms with Gasteiger partial charge >= 0.3 is 0 Å². The minimum atomic E-state index is 0.338. The van der Waals surface area contributed by atoms with Crippen LogP contribution in [0.1, 0.15) is 209 Å². The maximum absolute atomic E-state index is 9.24. The first kappa shape index (κ1) is 64.9. The van der Waals surface area contributed by atoms with Gasteiger partial charge in [0, 0.05) is 6.61 Å². The number of hydrogen-bond donors (Lipinski definition) is 4. The van der Waals surface area contributed by atoms with Crippen LogP contribution in [0.15, 0.2) is 0 Å². The van der Waals surface area contributed by atoms with Gasteiger partial charge in [-0.3, -0.25) is 0 Å². The van der Waals surface area contributed by atoms with Crippen molar-refractivity contribution in [2.45, 2.75) is 216 Å². The monoisotopic (exact) mass is 856 g/mol. The summed E-state index contributed by atoms with van der Waals surface area (Å²) in [6, 6.07) is 0. The van der Waals surface area contributed by atoms with Gasteiger partial charge < -0.3 is 10.0 Å². The molecule has 0 saturated heterocycles. The average molecular weight is 856 g/mol. The van der Waals surface area contributed by atoms with Crippen molar-refractivity contribution >= 4 is 69.3 Å². The van der Waals surface area contributed by atoms with E-state index < -0.39 is 0 Å². The fourth-order valence-corrected chi connectivity index (χ4v) is 9.35. The summed E-state index contributed by atoms with van der Waals surface area (Å²) in [6.45, 7) is 20.0. The molecule has 2 atom stereocenters. The molecule has 0 fully saturated rings. The van der Waals surface area contributed by atoms with Crippen LogP contribution in [0.4, 0.5) is 0 Å². The van der Waals surface area contributed by atoms with Crippen molar-refractivity contribution in [1.82, 2.24) is 4.90 Å². The van der Waals surface area contributed by atoms with Crippen LogP contribution in [0.25, 0.3) is 0 Å². The molecule has 0 aromatic carbocycles. The van der Waals surface area contributed by atoms with Crippen molar-refractivity contribution in [2.24, 2.45) is 11.8 Å². The first-order valence-electron chi connectivity index (χ1n) is 23.7. The molecule has 0 aliphatic carbocycles. The zero-order valence-corrected chi connectivity index (χ0v) is 42.6. The summed E-state index contributed by atoms with van der Waals surface area (Å²) in [4.78, 5) is 2.70. The topological polar surface area (TPSA) is 23.5 Å². The van der Waals surface area contributed by atoms with Crippen LogP contribution in [0.2, 0.25) is 6.32 Å². The van der Waals surface area contributed by atoms with E-state index >= 15 is 0 Å². The number of nitrogens with zero attached hydrogens (tertiary/aromatic N) is 1. The molecule has 2 nitrogen and oxygen atoms in total. The Bertz CT molecular complexity index is 525. The SMILES string of the molecule is CC.CC.CC.CC.[B]CC(CCCS)CSCCCCCCCCCCCN(CCCCO)CCCCCCCCCCCSCC(CS)CCCS. The van der Waals surface area contributed by atoms with E-state index in [0.29, 0.717) is 12.5 Å². The van der Waals surface area contributed by atoms with Gasteiger partial charge in [-0.2, -0.15) is 61.4 Å². The Hall–Kier alpha value is 1.73. The summed E-state index contributed by atoms with van der Waals surface area (Å²) in [5.41, 5.74) is 0. The molecule has 0 heterocycles. The summed E-state index contributed by atoms with van der Waals surface area (Å²) in [5, 5.41) is 9.24. The highest BCUT2D eigenvalue weighted by Crippen LogP contribution is 2.20. The highest BCUT2D eigenvalue weighted by atomic mass is 32.2. The Morgan fingerprint density at radius 3 is 1.09 bits per heavy atom. The largest absolute Gasteiger partial charge is 0.396 e. The van der Waals surface area contributed by atoms with Crippen molar-refractivity contribution in [3.05, 3.63) is 0 Å². The fourth-order valence-electron chi connectivity index (χ4n) is 6.09. The zero-order valence-electron chi connectivity index (χ0n) is 38.2. The molecule has 330 valence electrons. The zero-order chi connectivity index (χ0) is 41.6. The van der Waals surface area contributed by atoms with Gasteiger partial charge in [-0.25, -0.2) is 0 Å². The van der Waals surface area contributed by atoms with E-state index in [-0.39, 0.29) is 0 Å². The molecular weight excluding hydrogens is 754 g/mol. The van der Waals surface area contributed by atoms with Gasteiger partial charge in [-0.05, 0) is 136 Å². The molecule has 0 bridgehead atoms. The van der Waals surface area contributed by atoms with E-state index in [1.807, 2.05) is 55.4 Å². The van der Waals surface area contributed by atoms with Crippen molar-refractivity contribution in [3.8, 4) is 0 Å². The van der Waals surface area contributed by atoms with Crippen LogP contribution in [0.3, 0.4) is 0 Å². The summed E-state index contributed by atoms with van der Waals surface area (Å²) >= 11 is 17.4. The van der Waals surface area contributed by atoms with Crippen LogP contribution in [0, 0.1) is 11.8 Å². The highest BCUT2D eigenvalue weighted by Gasteiger charge is 2.08. The van der Waals surface area contributed by atoms with Gasteiger partial charge in [0.2, 0.25) is 0 Å². The van der Waals surface area contributed by atoms with E-state index in [2.05, 4.69) is 66.3 Å². The predicted molar refractivity (Wildman–Crippen MR) is 273 cm³/mol. The van der Waals surface area contributed by atoms with Crippen molar-refractivity contribution < 1.29 is 5.11 Å². The predicted octanol–water partition coefficient (Wildman–Crippen LogP) is 15.8. The first-order valence-corrected chi connectivity index (χ1v) is 27.9. The van der Waals surface area contributed by atoms with E-state index in [1.54, 1.807) is 0 Å². The summed E-state index contributed by atoms with van der Waals surface area (Å²) in [5.74, 6) is 9.64. The van der Waals surface area contributed by atoms with E-state index in [4.69, 9.17) is 7.85 Å². The van der Waals surface area contributed by atoms with Gasteiger partial charge in [0.1, 0.15) is 0 Å². The lowest BCUT2D eigenvalue weighted by molar-refractivity contribution is 0.234. The van der Waals surface area contributed by atoms with E-state index in [1.165, 1.54) is 184 Å². The Balaban J connectivity index is -0.000000931. The number of aliphatic hydroxyl groups is 1. The highest BCUT2D eigenvalue weighted by molar-refractivity contribution is 7.99. The molecule has 0 saturated carbocycles. The average Bonchev–Trinajstić information content (AvgIpc) is 3.23. The smallest absolute Gasteiger partial charge is 0.0657 e. The Kier molecular flexibility index (Phi) is 79.9. The van der Waals surface area contributed by atoms with Gasteiger partial charge in [-0.15, -0.1) is 0 Å². The van der Waals surface area contributed by atoms with Gasteiger partial charge in [0.25, 0.3) is 0 Å². The Labute approximate surface area is 371 Å². The molecule has 0 aromatic rings. The Morgan fingerprint density at radius 2 is 0.759 bits per heavy atom. The molecule has 8 heteroatoms. The first-order chi connectivity index (χ1) is 26.7. The number of thioether (sulfide) groups is 2. The molecule has 54 heavy (non-hydrogen) atoms. The van der Waals surface area contributed by atoms with Crippen LogP contribution in [-0.4, -0.2) is 84.4 Å². The van der Waals surface area contributed by atoms with Gasteiger partial charge in [0.15, 0.2) is 0 Å². The second-order valence-electron chi connectivity index (χ2n) is 13.7. The summed E-state index contributed by atoms with van der Waals surface area (Å²) < 4.78 is 0. The van der Waals surface area contributed by atoms with Gasteiger partial charge in [0.05, 0.1) is 7.85 Å². The molecular formula is C46H102BNOS5. The molecule has 0 spiro atoms. The molecule has 0 amide bonds. The molecule has 0 rings (SSSR count). The summed E-state index contributed by atoms with van der Waals surface area (Å²) in [6.07, 6.45) is 33.0. The Morgan fingerprint density at radius 1 is 0.444 bits per heavy atom. The molecule has 0 aromatic heterocycles. The standard InChI is InChI=1S/C38H78BNOS5.4C2H6/c39-33-37(23-21-29-42)35-45-31-19-13-9-5-1-3-7-11-15-25-40(27-17-18-28-41)26-16-12-8-4-2-6-10-14-20-32-46-36-38(34-44)24-22-30-43;4*1-2/h37-38,41-44H,1-36H2;4*1-2H3. The van der Waals surface area contributed by atoms with Crippen molar-refractivity contribution in [1.29, 1.82) is 0 Å². The van der Waals surface area contributed by atoms with Gasteiger partial charge in [-0.1, -0.05) is 152 Å². The van der Waals surface area contributed by atoms with Crippen molar-refractivity contribution in [3.63, 3.8) is 0 Å². The molecule has 0 aliphatic heterocycles. The third kappa shape index (κ3) is 58.1. The fraction of sp³-hybridized carbons (Fsp3) is 1.00. The minimum absolute atomic E-state index is 0.338.